The molecule has 2 rings (SSSR count). The Bertz CT molecular complexity index is 628. The molecule has 0 fully saturated rings. The van der Waals surface area contributed by atoms with Gasteiger partial charge in [-0.15, -0.1) is 11.3 Å². The van der Waals surface area contributed by atoms with Gasteiger partial charge in [-0.05, 0) is 37.6 Å². The second-order valence-corrected chi connectivity index (χ2v) is 7.30. The van der Waals surface area contributed by atoms with E-state index in [-0.39, 0.29) is 6.54 Å². The molecule has 0 saturated carbocycles. The Kier molecular flexibility index (Phi) is 7.62. The van der Waals surface area contributed by atoms with Crippen molar-refractivity contribution in [2.24, 2.45) is 4.99 Å². The molecule has 7 heteroatoms. The highest BCUT2D eigenvalue weighted by Gasteiger charge is 2.11. The average Bonchev–Trinajstić information content (AvgIpc) is 3.23. The molecule has 2 aromatic rings. The van der Waals surface area contributed by atoms with E-state index in [2.05, 4.69) is 29.5 Å². The van der Waals surface area contributed by atoms with Gasteiger partial charge >= 0.3 is 0 Å². The lowest BCUT2D eigenvalue weighted by Crippen LogP contribution is -2.43. The fourth-order valence-electron chi connectivity index (χ4n) is 2.02. The Morgan fingerprint density at radius 2 is 2.25 bits per heavy atom. The minimum atomic E-state index is -0.650. The van der Waals surface area contributed by atoms with Crippen LogP contribution in [0.4, 0.5) is 0 Å². The molecule has 0 amide bonds. The molecule has 2 unspecified atom stereocenters. The molecular weight excluding hydrogens is 346 g/mol. The van der Waals surface area contributed by atoms with Crippen molar-refractivity contribution in [3.05, 3.63) is 45.5 Å². The quantitative estimate of drug-likeness (QED) is 0.491. The second-order valence-electron chi connectivity index (χ2n) is 5.56. The zero-order valence-electron chi connectivity index (χ0n) is 14.0. The zero-order valence-corrected chi connectivity index (χ0v) is 15.5. The summed E-state index contributed by atoms with van der Waals surface area (Å²) < 4.78 is 5.99. The third kappa shape index (κ3) is 6.19. The number of hydrogen-bond acceptors (Lipinski definition) is 4. The van der Waals surface area contributed by atoms with E-state index in [1.807, 2.05) is 18.2 Å². The van der Waals surface area contributed by atoms with Crippen LogP contribution in [0.2, 0.25) is 4.34 Å². The maximum Gasteiger partial charge on any atom is 0.191 e. The molecule has 0 spiro atoms. The highest BCUT2D eigenvalue weighted by molar-refractivity contribution is 7.16. The number of hydrogen-bond donors (Lipinski definition) is 3. The first-order valence-corrected chi connectivity index (χ1v) is 9.28. The van der Waals surface area contributed by atoms with Crippen LogP contribution in [0.3, 0.4) is 0 Å². The molecule has 0 saturated heterocycles. The molecule has 0 bridgehead atoms. The number of rotatable bonds is 8. The minimum absolute atomic E-state index is 0.281. The smallest absolute Gasteiger partial charge is 0.191 e. The molecular formula is C17H24ClN3O2S. The molecule has 132 valence electrons. The molecule has 2 atom stereocenters. The van der Waals surface area contributed by atoms with E-state index in [0.29, 0.717) is 22.9 Å². The SMILES string of the molecule is CCC(C)NC(=NCC(O)c1ccc(Cl)s1)NCCc1ccco1. The monoisotopic (exact) mass is 369 g/mol. The van der Waals surface area contributed by atoms with E-state index in [1.54, 1.807) is 12.3 Å². The number of furan rings is 1. The molecule has 0 aromatic carbocycles. The van der Waals surface area contributed by atoms with Gasteiger partial charge in [0.15, 0.2) is 5.96 Å². The molecule has 2 heterocycles. The van der Waals surface area contributed by atoms with Crippen molar-refractivity contribution >= 4 is 28.9 Å². The third-order valence-electron chi connectivity index (χ3n) is 3.58. The summed E-state index contributed by atoms with van der Waals surface area (Å²) in [6, 6.07) is 7.75. The number of guanidine groups is 1. The highest BCUT2D eigenvalue weighted by atomic mass is 35.5. The lowest BCUT2D eigenvalue weighted by Gasteiger charge is -2.17. The molecule has 0 aliphatic heterocycles. The second kappa shape index (κ2) is 9.71. The molecule has 0 radical (unpaired) electrons. The summed E-state index contributed by atoms with van der Waals surface area (Å²) in [5, 5.41) is 16.8. The van der Waals surface area contributed by atoms with E-state index in [9.17, 15) is 5.11 Å². The van der Waals surface area contributed by atoms with Gasteiger partial charge in [0, 0.05) is 23.9 Å². The first-order chi connectivity index (χ1) is 11.6. The lowest BCUT2D eigenvalue weighted by molar-refractivity contribution is 0.191. The number of aliphatic imine (C=N–C) groups is 1. The summed E-state index contributed by atoms with van der Waals surface area (Å²) in [4.78, 5) is 5.31. The topological polar surface area (TPSA) is 69.8 Å². The van der Waals surface area contributed by atoms with Gasteiger partial charge in [-0.3, -0.25) is 4.99 Å². The standard InChI is InChI=1S/C17H24ClN3O2S/c1-3-12(2)21-17(19-9-8-13-5-4-10-23-13)20-11-14(22)15-6-7-16(18)24-15/h4-7,10,12,14,22H,3,8-9,11H2,1-2H3,(H2,19,20,21). The Morgan fingerprint density at radius 3 is 2.88 bits per heavy atom. The average molecular weight is 370 g/mol. The largest absolute Gasteiger partial charge is 0.469 e. The Labute approximate surface area is 151 Å². The van der Waals surface area contributed by atoms with Crippen LogP contribution in [0.25, 0.3) is 0 Å². The number of halogens is 1. The van der Waals surface area contributed by atoms with Gasteiger partial charge in [-0.2, -0.15) is 0 Å². The number of thiophene rings is 1. The third-order valence-corrected chi connectivity index (χ3v) is 4.92. The fourth-order valence-corrected chi connectivity index (χ4v) is 3.06. The van der Waals surface area contributed by atoms with Crippen molar-refractivity contribution in [2.75, 3.05) is 13.1 Å². The Morgan fingerprint density at radius 1 is 1.42 bits per heavy atom. The van der Waals surface area contributed by atoms with Crippen molar-refractivity contribution in [2.45, 2.75) is 38.8 Å². The van der Waals surface area contributed by atoms with Gasteiger partial charge in [0.2, 0.25) is 0 Å². The predicted molar refractivity (Wildman–Crippen MR) is 99.9 cm³/mol. The van der Waals surface area contributed by atoms with Crippen LogP contribution in [-0.2, 0) is 6.42 Å². The summed E-state index contributed by atoms with van der Waals surface area (Å²) >= 11 is 7.29. The van der Waals surface area contributed by atoms with Crippen LogP contribution in [0.15, 0.2) is 39.9 Å². The molecule has 5 nitrogen and oxygen atoms in total. The van der Waals surface area contributed by atoms with Crippen LogP contribution >= 0.6 is 22.9 Å². The van der Waals surface area contributed by atoms with Crippen LogP contribution < -0.4 is 10.6 Å². The van der Waals surface area contributed by atoms with Crippen LogP contribution in [0.1, 0.15) is 37.0 Å². The summed E-state index contributed by atoms with van der Waals surface area (Å²) in [6.07, 6.45) is 2.78. The Balaban J connectivity index is 1.90. The lowest BCUT2D eigenvalue weighted by atomic mass is 10.2. The van der Waals surface area contributed by atoms with Gasteiger partial charge < -0.3 is 20.2 Å². The maximum absolute atomic E-state index is 10.2. The molecule has 0 aliphatic carbocycles. The Hall–Kier alpha value is -1.50. The van der Waals surface area contributed by atoms with Crippen LogP contribution in [0, 0.1) is 0 Å². The molecule has 0 aliphatic rings. The van der Waals surface area contributed by atoms with Crippen molar-refractivity contribution in [3.63, 3.8) is 0 Å². The van der Waals surface area contributed by atoms with Crippen molar-refractivity contribution < 1.29 is 9.52 Å². The van der Waals surface area contributed by atoms with E-state index in [1.165, 1.54) is 11.3 Å². The normalized spacial score (nSPS) is 14.4. The molecule has 3 N–H and O–H groups in total. The minimum Gasteiger partial charge on any atom is -0.469 e. The first kappa shape index (κ1) is 18.8. The van der Waals surface area contributed by atoms with Crippen molar-refractivity contribution in [1.29, 1.82) is 0 Å². The summed E-state index contributed by atoms with van der Waals surface area (Å²) in [6.45, 7) is 5.19. The van der Waals surface area contributed by atoms with Crippen LogP contribution in [-0.4, -0.2) is 30.2 Å². The number of aliphatic hydroxyl groups excluding tert-OH is 1. The number of nitrogens with one attached hydrogen (secondary N) is 2. The van der Waals surface area contributed by atoms with Gasteiger partial charge in [0.25, 0.3) is 0 Å². The van der Waals surface area contributed by atoms with Gasteiger partial charge in [0.05, 0.1) is 17.1 Å². The van der Waals surface area contributed by atoms with Crippen LogP contribution in [0.5, 0.6) is 0 Å². The summed E-state index contributed by atoms with van der Waals surface area (Å²) in [5.74, 6) is 1.62. The van der Waals surface area contributed by atoms with Gasteiger partial charge in [0.1, 0.15) is 11.9 Å². The molecule has 24 heavy (non-hydrogen) atoms. The summed E-state index contributed by atoms with van der Waals surface area (Å²) in [5.41, 5.74) is 0. The van der Waals surface area contributed by atoms with Gasteiger partial charge in [-0.25, -0.2) is 0 Å². The van der Waals surface area contributed by atoms with E-state index >= 15 is 0 Å². The van der Waals surface area contributed by atoms with E-state index < -0.39 is 6.10 Å². The van der Waals surface area contributed by atoms with Crippen molar-refractivity contribution in [1.82, 2.24) is 10.6 Å². The van der Waals surface area contributed by atoms with Crippen molar-refractivity contribution in [3.8, 4) is 0 Å². The zero-order chi connectivity index (χ0) is 17.4. The summed E-state index contributed by atoms with van der Waals surface area (Å²) in [7, 11) is 0. The fraction of sp³-hybridized carbons (Fsp3) is 0.471. The number of aliphatic hydroxyl groups is 1. The maximum atomic E-state index is 10.2. The van der Waals surface area contributed by atoms with Gasteiger partial charge in [-0.1, -0.05) is 18.5 Å². The van der Waals surface area contributed by atoms with E-state index in [0.717, 1.165) is 23.5 Å². The predicted octanol–water partition coefficient (Wildman–Crippen LogP) is 3.60. The highest BCUT2D eigenvalue weighted by Crippen LogP contribution is 2.26. The number of nitrogens with zero attached hydrogens (tertiary/aromatic N) is 1. The first-order valence-electron chi connectivity index (χ1n) is 8.09. The molecule has 2 aromatic heterocycles. The van der Waals surface area contributed by atoms with E-state index in [4.69, 9.17) is 16.0 Å².